The molecular formula is C8H15BrO6. The van der Waals surface area contributed by atoms with Crippen LogP contribution in [0.5, 0.6) is 0 Å². The van der Waals surface area contributed by atoms with Crippen LogP contribution in [0.25, 0.3) is 0 Å². The highest BCUT2D eigenvalue weighted by atomic mass is 79.9. The lowest BCUT2D eigenvalue weighted by Gasteiger charge is -2.39. The van der Waals surface area contributed by atoms with Crippen LogP contribution in [0, 0.1) is 0 Å². The van der Waals surface area contributed by atoms with E-state index in [1.54, 1.807) is 6.92 Å². The summed E-state index contributed by atoms with van der Waals surface area (Å²) in [5.74, 6) is 0. The fraction of sp³-hybridized carbons (Fsp3) is 1.00. The number of hydrogen-bond donors (Lipinski definition) is 4. The predicted molar refractivity (Wildman–Crippen MR) is 53.2 cm³/mol. The van der Waals surface area contributed by atoms with Crippen molar-refractivity contribution in [3.8, 4) is 0 Å². The summed E-state index contributed by atoms with van der Waals surface area (Å²) in [4.78, 5) is 0. The summed E-state index contributed by atoms with van der Waals surface area (Å²) < 4.78 is 10.2. The monoisotopic (exact) mass is 286 g/mol. The Morgan fingerprint density at radius 3 is 2.33 bits per heavy atom. The van der Waals surface area contributed by atoms with E-state index in [0.717, 1.165) is 0 Å². The largest absolute Gasteiger partial charge is 0.394 e. The summed E-state index contributed by atoms with van der Waals surface area (Å²) in [6, 6.07) is 0. The lowest BCUT2D eigenvalue weighted by Crippen LogP contribution is -2.59. The minimum absolute atomic E-state index is 0.376. The third kappa shape index (κ3) is 3.10. The molecule has 0 spiro atoms. The first-order valence-corrected chi connectivity index (χ1v) is 5.49. The maximum atomic E-state index is 9.51. The quantitative estimate of drug-likeness (QED) is 0.474. The summed E-state index contributed by atoms with van der Waals surface area (Å²) in [5.41, 5.74) is 0. The standard InChI is InChI=1S/C8H15BrO6/c1-3(9)14-8-7(13)6(12)5(11)4(2-10)15-8/h3-8,10-13H,2H2,1H3/t3?,4-,5+,6+,7-,8-/m1/s1. The normalized spacial score (nSPS) is 44.0. The molecule has 6 atom stereocenters. The molecule has 90 valence electrons. The van der Waals surface area contributed by atoms with Gasteiger partial charge in [0.15, 0.2) is 6.29 Å². The first kappa shape index (κ1) is 13.3. The van der Waals surface area contributed by atoms with E-state index >= 15 is 0 Å². The highest BCUT2D eigenvalue weighted by Crippen LogP contribution is 2.23. The van der Waals surface area contributed by atoms with Crippen LogP contribution in [0.15, 0.2) is 0 Å². The van der Waals surface area contributed by atoms with Crippen molar-refractivity contribution in [1.29, 1.82) is 0 Å². The van der Waals surface area contributed by atoms with E-state index in [0.29, 0.717) is 0 Å². The molecule has 1 rings (SSSR count). The average molecular weight is 287 g/mol. The molecule has 15 heavy (non-hydrogen) atoms. The summed E-state index contributed by atoms with van der Waals surface area (Å²) in [6.07, 6.45) is -6.10. The minimum atomic E-state index is -1.40. The summed E-state index contributed by atoms with van der Waals surface area (Å²) >= 11 is 3.09. The highest BCUT2D eigenvalue weighted by Gasteiger charge is 2.44. The molecule has 0 aromatic heterocycles. The first-order valence-electron chi connectivity index (χ1n) is 4.57. The van der Waals surface area contributed by atoms with Gasteiger partial charge in [-0.3, -0.25) is 0 Å². The summed E-state index contributed by atoms with van der Waals surface area (Å²) in [5, 5.41) is 36.8. The fourth-order valence-electron chi connectivity index (χ4n) is 1.36. The topological polar surface area (TPSA) is 99.4 Å². The molecule has 1 fully saturated rings. The van der Waals surface area contributed by atoms with Gasteiger partial charge in [-0.15, -0.1) is 0 Å². The molecule has 4 N–H and O–H groups in total. The van der Waals surface area contributed by atoms with E-state index in [-0.39, 0.29) is 5.01 Å². The molecule has 0 aliphatic carbocycles. The summed E-state index contributed by atoms with van der Waals surface area (Å²) in [7, 11) is 0. The Balaban J connectivity index is 2.65. The van der Waals surface area contributed by atoms with Crippen LogP contribution in [0.3, 0.4) is 0 Å². The molecular weight excluding hydrogens is 272 g/mol. The van der Waals surface area contributed by atoms with Crippen molar-refractivity contribution in [1.82, 2.24) is 0 Å². The molecule has 0 amide bonds. The Kier molecular flexibility index (Phi) is 4.91. The van der Waals surface area contributed by atoms with Crippen LogP contribution in [0.1, 0.15) is 6.92 Å². The molecule has 1 heterocycles. The highest BCUT2D eigenvalue weighted by molar-refractivity contribution is 9.09. The molecule has 0 aromatic carbocycles. The molecule has 7 heteroatoms. The summed E-state index contributed by atoms with van der Waals surface area (Å²) in [6.45, 7) is 1.21. The Morgan fingerprint density at radius 2 is 1.87 bits per heavy atom. The number of alkyl halides is 1. The van der Waals surface area contributed by atoms with Gasteiger partial charge in [0.2, 0.25) is 0 Å². The third-order valence-corrected chi connectivity index (χ3v) is 2.39. The second-order valence-electron chi connectivity index (χ2n) is 3.38. The van der Waals surface area contributed by atoms with Crippen LogP contribution < -0.4 is 0 Å². The van der Waals surface area contributed by atoms with Crippen molar-refractivity contribution >= 4 is 15.9 Å². The van der Waals surface area contributed by atoms with Gasteiger partial charge >= 0.3 is 0 Å². The zero-order valence-corrected chi connectivity index (χ0v) is 9.74. The first-order chi connectivity index (χ1) is 6.97. The van der Waals surface area contributed by atoms with Crippen molar-refractivity contribution in [2.45, 2.75) is 42.6 Å². The van der Waals surface area contributed by atoms with Gasteiger partial charge in [0.25, 0.3) is 0 Å². The van der Waals surface area contributed by atoms with E-state index < -0.39 is 37.3 Å². The number of halogens is 1. The van der Waals surface area contributed by atoms with Gasteiger partial charge in [-0.2, -0.15) is 0 Å². The second kappa shape index (κ2) is 5.53. The van der Waals surface area contributed by atoms with E-state index in [4.69, 9.17) is 14.6 Å². The van der Waals surface area contributed by atoms with Gasteiger partial charge in [-0.25, -0.2) is 0 Å². The number of aliphatic hydroxyl groups is 4. The SMILES string of the molecule is CC(Br)O[C@@H]1O[C@H](CO)[C@H](O)[C@H](O)[C@H]1O. The van der Waals surface area contributed by atoms with Crippen molar-refractivity contribution in [2.75, 3.05) is 6.61 Å². The van der Waals surface area contributed by atoms with Crippen LogP contribution >= 0.6 is 15.9 Å². The predicted octanol–water partition coefficient (Wildman–Crippen LogP) is -1.46. The van der Waals surface area contributed by atoms with E-state index in [1.807, 2.05) is 0 Å². The van der Waals surface area contributed by atoms with Gasteiger partial charge in [0.1, 0.15) is 29.4 Å². The van der Waals surface area contributed by atoms with Crippen molar-refractivity contribution < 1.29 is 29.9 Å². The number of rotatable bonds is 3. The molecule has 0 aromatic rings. The van der Waals surface area contributed by atoms with Crippen molar-refractivity contribution in [3.05, 3.63) is 0 Å². The number of aliphatic hydroxyl groups excluding tert-OH is 4. The lowest BCUT2D eigenvalue weighted by atomic mass is 9.99. The van der Waals surface area contributed by atoms with Gasteiger partial charge in [0.05, 0.1) is 6.61 Å². The minimum Gasteiger partial charge on any atom is -0.394 e. The lowest BCUT2D eigenvalue weighted by molar-refractivity contribution is -0.302. The smallest absolute Gasteiger partial charge is 0.188 e. The zero-order valence-electron chi connectivity index (χ0n) is 8.15. The average Bonchev–Trinajstić information content (AvgIpc) is 2.18. The zero-order chi connectivity index (χ0) is 11.6. The van der Waals surface area contributed by atoms with Crippen molar-refractivity contribution in [3.63, 3.8) is 0 Å². The maximum Gasteiger partial charge on any atom is 0.188 e. The number of ether oxygens (including phenoxy) is 2. The maximum absolute atomic E-state index is 9.51. The van der Waals surface area contributed by atoms with E-state index in [9.17, 15) is 15.3 Å². The molecule has 6 nitrogen and oxygen atoms in total. The van der Waals surface area contributed by atoms with Gasteiger partial charge in [0, 0.05) is 0 Å². The Hall–Kier alpha value is 0.240. The van der Waals surface area contributed by atoms with Crippen molar-refractivity contribution in [2.24, 2.45) is 0 Å². The van der Waals surface area contributed by atoms with E-state index in [2.05, 4.69) is 15.9 Å². The Morgan fingerprint density at radius 1 is 1.27 bits per heavy atom. The molecule has 1 unspecified atom stereocenters. The molecule has 1 aliphatic heterocycles. The fourth-order valence-corrected chi connectivity index (χ4v) is 1.58. The van der Waals surface area contributed by atoms with Gasteiger partial charge in [-0.1, -0.05) is 15.9 Å². The third-order valence-electron chi connectivity index (χ3n) is 2.17. The Labute approximate surface area is 95.6 Å². The molecule has 1 aliphatic rings. The van der Waals surface area contributed by atoms with Crippen LogP contribution in [-0.2, 0) is 9.47 Å². The van der Waals surface area contributed by atoms with Crippen LogP contribution in [-0.4, -0.2) is 62.8 Å². The van der Waals surface area contributed by atoms with Gasteiger partial charge < -0.3 is 29.9 Å². The Bertz CT molecular complexity index is 200. The van der Waals surface area contributed by atoms with Gasteiger partial charge in [-0.05, 0) is 6.92 Å². The van der Waals surface area contributed by atoms with E-state index in [1.165, 1.54) is 0 Å². The molecule has 0 radical (unpaired) electrons. The molecule has 0 bridgehead atoms. The number of hydrogen-bond acceptors (Lipinski definition) is 6. The second-order valence-corrected chi connectivity index (χ2v) is 4.67. The van der Waals surface area contributed by atoms with Crippen LogP contribution in [0.4, 0.5) is 0 Å². The van der Waals surface area contributed by atoms with Crippen LogP contribution in [0.2, 0.25) is 0 Å². The molecule has 0 saturated carbocycles. The molecule has 1 saturated heterocycles.